The number of hydrogen-bond donors (Lipinski definition) is 1. The molecule has 2 N–H and O–H groups in total. The lowest BCUT2D eigenvalue weighted by molar-refractivity contribution is 0.253. The fourth-order valence-electron chi connectivity index (χ4n) is 1.84. The molecule has 1 aliphatic rings. The zero-order valence-corrected chi connectivity index (χ0v) is 7.46. The molecular weight excluding hydrogens is 160 g/mol. The molecule has 0 saturated heterocycles. The van der Waals surface area contributed by atoms with Crippen molar-refractivity contribution in [1.82, 2.24) is 0 Å². The second kappa shape index (κ2) is 2.86. The molecule has 0 bridgehead atoms. The number of benzene rings is 1. The number of nitrogens with zero attached hydrogens (tertiary/aromatic N) is 1. The van der Waals surface area contributed by atoms with Crippen LogP contribution in [0.3, 0.4) is 0 Å². The molecule has 0 radical (unpaired) electrons. The summed E-state index contributed by atoms with van der Waals surface area (Å²) in [5, 5.41) is 8.90. The Labute approximate surface area is 78.0 Å². The first kappa shape index (κ1) is 8.28. The van der Waals surface area contributed by atoms with E-state index >= 15 is 0 Å². The Morgan fingerprint density at radius 2 is 2.00 bits per heavy atom. The van der Waals surface area contributed by atoms with Crippen molar-refractivity contribution in [2.24, 2.45) is 5.73 Å². The summed E-state index contributed by atoms with van der Waals surface area (Å²) in [6.07, 6.45) is 3.19. The molecule has 2 heteroatoms. The maximum atomic E-state index is 8.90. The van der Waals surface area contributed by atoms with Gasteiger partial charge in [0, 0.05) is 5.54 Å². The lowest BCUT2D eigenvalue weighted by atomic mass is 9.71. The van der Waals surface area contributed by atoms with Crippen molar-refractivity contribution in [3.8, 4) is 6.07 Å². The predicted molar refractivity (Wildman–Crippen MR) is 50.9 cm³/mol. The van der Waals surface area contributed by atoms with Gasteiger partial charge in [0.15, 0.2) is 0 Å². The number of hydrogen-bond acceptors (Lipinski definition) is 2. The van der Waals surface area contributed by atoms with Gasteiger partial charge in [-0.15, -0.1) is 0 Å². The van der Waals surface area contributed by atoms with Crippen molar-refractivity contribution in [1.29, 1.82) is 5.26 Å². The summed E-state index contributed by atoms with van der Waals surface area (Å²) >= 11 is 0. The van der Waals surface area contributed by atoms with Gasteiger partial charge in [-0.25, -0.2) is 0 Å². The SMILES string of the molecule is N#Cc1ccccc1C1(N)CCC1. The normalized spacial score (nSPS) is 18.8. The van der Waals surface area contributed by atoms with E-state index in [0.717, 1.165) is 24.0 Å². The number of nitrogens with two attached hydrogens (primary N) is 1. The Hall–Kier alpha value is -1.33. The summed E-state index contributed by atoms with van der Waals surface area (Å²) in [6, 6.07) is 9.82. The third-order valence-electron chi connectivity index (χ3n) is 2.83. The van der Waals surface area contributed by atoms with E-state index in [0.29, 0.717) is 0 Å². The van der Waals surface area contributed by atoms with Crippen LogP contribution in [0.2, 0.25) is 0 Å². The van der Waals surface area contributed by atoms with E-state index < -0.39 is 0 Å². The Bertz CT molecular complexity index is 359. The molecule has 0 aliphatic heterocycles. The van der Waals surface area contributed by atoms with Crippen LogP contribution in [0.5, 0.6) is 0 Å². The standard InChI is InChI=1S/C11H12N2/c12-8-9-4-1-2-5-10(9)11(13)6-3-7-11/h1-2,4-5H,3,6-7,13H2. The summed E-state index contributed by atoms with van der Waals surface area (Å²) in [5.41, 5.74) is 7.68. The van der Waals surface area contributed by atoms with Crippen molar-refractivity contribution in [2.75, 3.05) is 0 Å². The molecule has 1 fully saturated rings. The van der Waals surface area contributed by atoms with Crippen LogP contribution < -0.4 is 5.73 Å². The third-order valence-corrected chi connectivity index (χ3v) is 2.83. The lowest BCUT2D eigenvalue weighted by Gasteiger charge is -2.39. The van der Waals surface area contributed by atoms with Gasteiger partial charge in [0.2, 0.25) is 0 Å². The zero-order valence-electron chi connectivity index (χ0n) is 7.46. The first-order valence-electron chi connectivity index (χ1n) is 4.55. The van der Waals surface area contributed by atoms with Gasteiger partial charge in [-0.3, -0.25) is 0 Å². The molecule has 2 nitrogen and oxygen atoms in total. The molecule has 0 amide bonds. The highest BCUT2D eigenvalue weighted by Crippen LogP contribution is 2.39. The van der Waals surface area contributed by atoms with Gasteiger partial charge in [-0.1, -0.05) is 18.2 Å². The van der Waals surface area contributed by atoms with E-state index in [2.05, 4.69) is 6.07 Å². The van der Waals surface area contributed by atoms with E-state index in [-0.39, 0.29) is 5.54 Å². The third kappa shape index (κ3) is 1.22. The maximum Gasteiger partial charge on any atom is 0.0995 e. The van der Waals surface area contributed by atoms with Crippen LogP contribution in [-0.4, -0.2) is 0 Å². The van der Waals surface area contributed by atoms with Gasteiger partial charge in [0.05, 0.1) is 11.6 Å². The molecule has 13 heavy (non-hydrogen) atoms. The predicted octanol–water partition coefficient (Wildman–Crippen LogP) is 1.90. The lowest BCUT2D eigenvalue weighted by Crippen LogP contribution is -2.43. The van der Waals surface area contributed by atoms with Crippen LogP contribution in [0.4, 0.5) is 0 Å². The average molecular weight is 172 g/mol. The first-order valence-corrected chi connectivity index (χ1v) is 4.55. The largest absolute Gasteiger partial charge is 0.321 e. The van der Waals surface area contributed by atoms with E-state index in [9.17, 15) is 0 Å². The van der Waals surface area contributed by atoms with Crippen LogP contribution in [0, 0.1) is 11.3 Å². The monoisotopic (exact) mass is 172 g/mol. The highest BCUT2D eigenvalue weighted by atomic mass is 14.8. The molecule has 1 aliphatic carbocycles. The molecule has 1 aromatic rings. The van der Waals surface area contributed by atoms with Crippen LogP contribution in [-0.2, 0) is 5.54 Å². The molecule has 0 spiro atoms. The van der Waals surface area contributed by atoms with Gasteiger partial charge in [0.1, 0.15) is 0 Å². The average Bonchev–Trinajstić information content (AvgIpc) is 2.14. The van der Waals surface area contributed by atoms with Crippen LogP contribution in [0.15, 0.2) is 24.3 Å². The van der Waals surface area contributed by atoms with Gasteiger partial charge in [0.25, 0.3) is 0 Å². The van der Waals surface area contributed by atoms with Crippen molar-refractivity contribution >= 4 is 0 Å². The van der Waals surface area contributed by atoms with E-state index in [4.69, 9.17) is 11.0 Å². The summed E-state index contributed by atoms with van der Waals surface area (Å²) < 4.78 is 0. The maximum absolute atomic E-state index is 8.90. The van der Waals surface area contributed by atoms with Crippen molar-refractivity contribution in [3.05, 3.63) is 35.4 Å². The fraction of sp³-hybridized carbons (Fsp3) is 0.364. The van der Waals surface area contributed by atoms with Gasteiger partial charge in [-0.2, -0.15) is 5.26 Å². The second-order valence-corrected chi connectivity index (χ2v) is 3.67. The number of rotatable bonds is 1. The Morgan fingerprint density at radius 3 is 2.54 bits per heavy atom. The molecule has 1 aromatic carbocycles. The molecule has 0 atom stereocenters. The highest BCUT2D eigenvalue weighted by Gasteiger charge is 2.35. The van der Waals surface area contributed by atoms with Gasteiger partial charge >= 0.3 is 0 Å². The summed E-state index contributed by atoms with van der Waals surface area (Å²) in [5.74, 6) is 0. The first-order chi connectivity index (χ1) is 6.26. The Kier molecular flexibility index (Phi) is 1.82. The van der Waals surface area contributed by atoms with Gasteiger partial charge < -0.3 is 5.73 Å². The topological polar surface area (TPSA) is 49.8 Å². The van der Waals surface area contributed by atoms with Crippen LogP contribution in [0.1, 0.15) is 30.4 Å². The quantitative estimate of drug-likeness (QED) is 0.703. The summed E-state index contributed by atoms with van der Waals surface area (Å²) in [6.45, 7) is 0. The van der Waals surface area contributed by atoms with E-state index in [1.54, 1.807) is 0 Å². The molecule has 0 heterocycles. The molecule has 1 saturated carbocycles. The molecule has 0 unspecified atom stereocenters. The smallest absolute Gasteiger partial charge is 0.0995 e. The minimum absolute atomic E-state index is 0.216. The number of nitriles is 1. The van der Waals surface area contributed by atoms with Crippen molar-refractivity contribution < 1.29 is 0 Å². The van der Waals surface area contributed by atoms with Crippen molar-refractivity contribution in [2.45, 2.75) is 24.8 Å². The Morgan fingerprint density at radius 1 is 1.31 bits per heavy atom. The van der Waals surface area contributed by atoms with Crippen LogP contribution >= 0.6 is 0 Å². The molecule has 0 aromatic heterocycles. The Balaban J connectivity index is 2.45. The minimum atomic E-state index is -0.216. The second-order valence-electron chi connectivity index (χ2n) is 3.67. The fourth-order valence-corrected chi connectivity index (χ4v) is 1.84. The molecular formula is C11H12N2. The molecule has 2 rings (SSSR count). The summed E-state index contributed by atoms with van der Waals surface area (Å²) in [7, 11) is 0. The zero-order chi connectivity index (χ0) is 9.31. The minimum Gasteiger partial charge on any atom is -0.321 e. The summed E-state index contributed by atoms with van der Waals surface area (Å²) in [4.78, 5) is 0. The van der Waals surface area contributed by atoms with E-state index in [1.807, 2.05) is 24.3 Å². The van der Waals surface area contributed by atoms with Crippen molar-refractivity contribution in [3.63, 3.8) is 0 Å². The van der Waals surface area contributed by atoms with Crippen LogP contribution in [0.25, 0.3) is 0 Å². The highest BCUT2D eigenvalue weighted by molar-refractivity contribution is 5.42. The van der Waals surface area contributed by atoms with E-state index in [1.165, 1.54) is 6.42 Å². The molecule has 66 valence electrons. The van der Waals surface area contributed by atoms with Gasteiger partial charge in [-0.05, 0) is 30.9 Å².